The van der Waals surface area contributed by atoms with Gasteiger partial charge in [0.25, 0.3) is 0 Å². The van der Waals surface area contributed by atoms with Crippen molar-refractivity contribution >= 4 is 39.5 Å². The van der Waals surface area contributed by atoms with E-state index in [4.69, 9.17) is 0 Å². The van der Waals surface area contributed by atoms with E-state index < -0.39 is 6.04 Å². The van der Waals surface area contributed by atoms with Crippen molar-refractivity contribution in [2.45, 2.75) is 75.9 Å². The fourth-order valence-electron chi connectivity index (χ4n) is 4.02. The number of hydrogen-bond acceptors (Lipinski definition) is 3. The van der Waals surface area contributed by atoms with E-state index in [1.165, 1.54) is 12.0 Å². The summed E-state index contributed by atoms with van der Waals surface area (Å²) in [4.78, 5) is 29.1. The molecule has 3 rings (SSSR count). The summed E-state index contributed by atoms with van der Waals surface area (Å²) in [6.07, 6.45) is 6.03. The van der Waals surface area contributed by atoms with Gasteiger partial charge in [-0.3, -0.25) is 9.59 Å². The molecule has 2 amide bonds. The lowest BCUT2D eigenvalue weighted by Gasteiger charge is -2.31. The van der Waals surface area contributed by atoms with Gasteiger partial charge in [-0.25, -0.2) is 0 Å². The van der Waals surface area contributed by atoms with Crippen molar-refractivity contribution in [1.82, 2.24) is 10.2 Å². The summed E-state index contributed by atoms with van der Waals surface area (Å²) in [5, 5.41) is 3.19. The zero-order valence-electron chi connectivity index (χ0n) is 19.0. The van der Waals surface area contributed by atoms with Gasteiger partial charge in [0.1, 0.15) is 6.04 Å². The van der Waals surface area contributed by atoms with Gasteiger partial charge in [0.15, 0.2) is 0 Å². The number of nitrogens with one attached hydrogen (secondary N) is 1. The number of carbonyl (C=O) groups is 2. The molecule has 6 heteroatoms. The average molecular weight is 518 g/mol. The van der Waals surface area contributed by atoms with Crippen LogP contribution in [0.4, 0.5) is 0 Å². The monoisotopic (exact) mass is 516 g/mol. The summed E-state index contributed by atoms with van der Waals surface area (Å²) in [6, 6.07) is 16.0. The molecular formula is C26H33BrN2O2S. The number of amides is 2. The van der Waals surface area contributed by atoms with Gasteiger partial charge < -0.3 is 10.2 Å². The molecule has 0 aliphatic heterocycles. The van der Waals surface area contributed by atoms with Crippen LogP contribution in [-0.4, -0.2) is 34.6 Å². The van der Waals surface area contributed by atoms with E-state index >= 15 is 0 Å². The number of halogens is 1. The van der Waals surface area contributed by atoms with Gasteiger partial charge in [0.2, 0.25) is 11.8 Å². The fraction of sp³-hybridized carbons (Fsp3) is 0.462. The molecule has 0 bridgehead atoms. The standard InChI is InChI=1S/C26H33BrN2O2S/c1-19-11-13-24(14-12-19)32-16-15-25(30)29(18-21-7-6-8-22(27)17-21)20(2)26(31)28-23-9-4-3-5-10-23/h6-8,11-14,17,20,23H,3-5,9-10,15-16,18H2,1-2H3,(H,28,31)/t20-/m1/s1. The minimum absolute atomic E-state index is 0.0101. The summed E-state index contributed by atoms with van der Waals surface area (Å²) >= 11 is 5.18. The lowest BCUT2D eigenvalue weighted by molar-refractivity contribution is -0.140. The number of hydrogen-bond donors (Lipinski definition) is 1. The molecule has 1 saturated carbocycles. The number of benzene rings is 2. The van der Waals surface area contributed by atoms with E-state index in [1.54, 1.807) is 16.7 Å². The van der Waals surface area contributed by atoms with Crippen LogP contribution >= 0.6 is 27.7 Å². The van der Waals surface area contributed by atoms with Crippen LogP contribution in [0.25, 0.3) is 0 Å². The van der Waals surface area contributed by atoms with Crippen molar-refractivity contribution in [1.29, 1.82) is 0 Å². The maximum atomic E-state index is 13.2. The molecule has 1 N–H and O–H groups in total. The van der Waals surface area contributed by atoms with E-state index in [0.717, 1.165) is 40.6 Å². The Morgan fingerprint density at radius 1 is 1.12 bits per heavy atom. The van der Waals surface area contributed by atoms with Gasteiger partial charge in [0.05, 0.1) is 0 Å². The van der Waals surface area contributed by atoms with Crippen LogP contribution in [0.3, 0.4) is 0 Å². The number of rotatable bonds is 9. The predicted molar refractivity (Wildman–Crippen MR) is 136 cm³/mol. The largest absolute Gasteiger partial charge is 0.352 e. The summed E-state index contributed by atoms with van der Waals surface area (Å²) in [7, 11) is 0. The van der Waals surface area contributed by atoms with Gasteiger partial charge in [-0.15, -0.1) is 11.8 Å². The minimum atomic E-state index is -0.507. The lowest BCUT2D eigenvalue weighted by Crippen LogP contribution is -2.50. The van der Waals surface area contributed by atoms with Crippen molar-refractivity contribution in [3.05, 3.63) is 64.1 Å². The molecule has 0 unspecified atom stereocenters. The molecule has 32 heavy (non-hydrogen) atoms. The smallest absolute Gasteiger partial charge is 0.242 e. The Hall–Kier alpha value is -1.79. The van der Waals surface area contributed by atoms with Crippen LogP contribution in [0.5, 0.6) is 0 Å². The molecule has 4 nitrogen and oxygen atoms in total. The Balaban J connectivity index is 1.64. The summed E-state index contributed by atoms with van der Waals surface area (Å²) < 4.78 is 0.969. The second kappa shape index (κ2) is 12.4. The number of nitrogens with zero attached hydrogens (tertiary/aromatic N) is 1. The van der Waals surface area contributed by atoms with Gasteiger partial charge in [-0.05, 0) is 56.5 Å². The van der Waals surface area contributed by atoms with Crippen LogP contribution < -0.4 is 5.32 Å². The van der Waals surface area contributed by atoms with Crippen LogP contribution in [0.1, 0.15) is 56.6 Å². The Kier molecular flexibility index (Phi) is 9.67. The zero-order valence-corrected chi connectivity index (χ0v) is 21.4. The van der Waals surface area contributed by atoms with Crippen molar-refractivity contribution < 1.29 is 9.59 Å². The first-order valence-corrected chi connectivity index (χ1v) is 13.2. The highest BCUT2D eigenvalue weighted by atomic mass is 79.9. The summed E-state index contributed by atoms with van der Waals surface area (Å²) in [6.45, 7) is 4.34. The number of thioether (sulfide) groups is 1. The second-order valence-electron chi connectivity index (χ2n) is 8.58. The van der Waals surface area contributed by atoms with Gasteiger partial charge >= 0.3 is 0 Å². The Morgan fingerprint density at radius 3 is 2.53 bits per heavy atom. The molecular weight excluding hydrogens is 484 g/mol. The third-order valence-electron chi connectivity index (χ3n) is 5.97. The molecule has 1 aliphatic rings. The maximum Gasteiger partial charge on any atom is 0.242 e. The van der Waals surface area contributed by atoms with Crippen LogP contribution in [0.15, 0.2) is 57.9 Å². The third-order valence-corrected chi connectivity index (χ3v) is 7.47. The predicted octanol–water partition coefficient (Wildman–Crippen LogP) is 6.11. The van der Waals surface area contributed by atoms with Crippen molar-refractivity contribution in [2.75, 3.05) is 5.75 Å². The first kappa shape index (κ1) is 24.8. The van der Waals surface area contributed by atoms with E-state index in [0.29, 0.717) is 18.7 Å². The topological polar surface area (TPSA) is 49.4 Å². The van der Waals surface area contributed by atoms with E-state index in [-0.39, 0.29) is 17.9 Å². The first-order chi connectivity index (χ1) is 15.4. The molecule has 0 spiro atoms. The third kappa shape index (κ3) is 7.66. The highest BCUT2D eigenvalue weighted by Gasteiger charge is 2.28. The number of carbonyl (C=O) groups excluding carboxylic acids is 2. The minimum Gasteiger partial charge on any atom is -0.352 e. The molecule has 0 aromatic heterocycles. The van der Waals surface area contributed by atoms with Crippen LogP contribution in [0.2, 0.25) is 0 Å². The van der Waals surface area contributed by atoms with Crippen molar-refractivity contribution in [2.24, 2.45) is 0 Å². The van der Waals surface area contributed by atoms with E-state index in [9.17, 15) is 9.59 Å². The van der Waals surface area contributed by atoms with E-state index in [1.807, 2.05) is 31.2 Å². The molecule has 172 valence electrons. The highest BCUT2D eigenvalue weighted by molar-refractivity contribution is 9.10. The molecule has 2 aromatic rings. The van der Waals surface area contributed by atoms with Crippen molar-refractivity contribution in [3.8, 4) is 0 Å². The number of aryl methyl sites for hydroxylation is 1. The normalized spacial score (nSPS) is 15.2. The summed E-state index contributed by atoms with van der Waals surface area (Å²) in [5.41, 5.74) is 2.24. The Morgan fingerprint density at radius 2 is 1.84 bits per heavy atom. The first-order valence-electron chi connectivity index (χ1n) is 11.5. The fourth-order valence-corrected chi connectivity index (χ4v) is 5.31. The lowest BCUT2D eigenvalue weighted by atomic mass is 9.95. The SMILES string of the molecule is Cc1ccc(SCCC(=O)N(Cc2cccc(Br)c2)[C@H](C)C(=O)NC2CCCCC2)cc1. The Labute approximate surface area is 204 Å². The van der Waals surface area contributed by atoms with Crippen LogP contribution in [0, 0.1) is 6.92 Å². The average Bonchev–Trinajstić information content (AvgIpc) is 2.79. The molecule has 1 fully saturated rings. The zero-order chi connectivity index (χ0) is 22.9. The molecule has 2 aromatic carbocycles. The van der Waals surface area contributed by atoms with Gasteiger partial charge in [-0.1, -0.05) is 65.0 Å². The van der Waals surface area contributed by atoms with Gasteiger partial charge in [-0.2, -0.15) is 0 Å². The van der Waals surface area contributed by atoms with Gasteiger partial charge in [0, 0.05) is 34.1 Å². The quantitative estimate of drug-likeness (QED) is 0.409. The molecule has 0 radical (unpaired) electrons. The molecule has 1 aliphatic carbocycles. The Bertz CT molecular complexity index is 897. The van der Waals surface area contributed by atoms with Crippen molar-refractivity contribution in [3.63, 3.8) is 0 Å². The molecule has 0 saturated heterocycles. The second-order valence-corrected chi connectivity index (χ2v) is 10.7. The van der Waals surface area contributed by atoms with Crippen LogP contribution in [-0.2, 0) is 16.1 Å². The van der Waals surface area contributed by atoms with E-state index in [2.05, 4.69) is 52.4 Å². The highest BCUT2D eigenvalue weighted by Crippen LogP contribution is 2.22. The molecule has 0 heterocycles. The summed E-state index contributed by atoms with van der Waals surface area (Å²) in [5.74, 6) is 0.649. The maximum absolute atomic E-state index is 13.2. The molecule has 1 atom stereocenters.